The maximum absolute atomic E-state index is 6.43. The van der Waals surface area contributed by atoms with Gasteiger partial charge in [-0.2, -0.15) is 0 Å². The van der Waals surface area contributed by atoms with Crippen LogP contribution in [0.4, 0.5) is 5.95 Å². The fourth-order valence-corrected chi connectivity index (χ4v) is 2.92. The highest BCUT2D eigenvalue weighted by atomic mass is 35.5. The first-order valence-corrected chi connectivity index (χ1v) is 9.21. The lowest BCUT2D eigenvalue weighted by Crippen LogP contribution is -2.08. The lowest BCUT2D eigenvalue weighted by atomic mass is 10.2. The molecule has 0 fully saturated rings. The average Bonchev–Trinajstić information content (AvgIpc) is 3.14. The fraction of sp³-hybridized carbons (Fsp3) is 0.211. The highest BCUT2D eigenvalue weighted by Gasteiger charge is 2.13. The highest BCUT2D eigenvalue weighted by molar-refractivity contribution is 6.32. The lowest BCUT2D eigenvalue weighted by Gasteiger charge is -2.15. The van der Waals surface area contributed by atoms with Crippen LogP contribution in [-0.2, 0) is 19.7 Å². The number of methoxy groups -OCH3 is 1. The largest absolute Gasteiger partial charge is 0.493 e. The molecule has 0 spiro atoms. The number of nitrogens with zero attached hydrogens (tertiary/aromatic N) is 4. The smallest absolute Gasteiger partial charge is 0.243 e. The first-order valence-electron chi connectivity index (χ1n) is 8.45. The zero-order chi connectivity index (χ0) is 19.9. The van der Waals surface area contributed by atoms with Crippen LogP contribution in [0.3, 0.4) is 0 Å². The Bertz CT molecular complexity index is 944. The van der Waals surface area contributed by atoms with Gasteiger partial charge in [0, 0.05) is 11.6 Å². The summed E-state index contributed by atoms with van der Waals surface area (Å²) in [6, 6.07) is 11.1. The van der Waals surface area contributed by atoms with Crippen molar-refractivity contribution in [3.05, 3.63) is 70.2 Å². The number of aromatic nitrogens is 4. The third kappa shape index (κ3) is 4.94. The Morgan fingerprint density at radius 1 is 1.18 bits per heavy atom. The van der Waals surface area contributed by atoms with Crippen LogP contribution in [0.15, 0.2) is 49.1 Å². The molecule has 28 heavy (non-hydrogen) atoms. The van der Waals surface area contributed by atoms with Crippen LogP contribution in [0, 0.1) is 0 Å². The zero-order valence-corrected chi connectivity index (χ0v) is 16.7. The number of benzene rings is 2. The standard InChI is InChI=1S/C19H19Cl2N5O2/c1-3-8-26-19(23-24-25-26)22-11-14-9-16(21)18(17(10-14)27-2)28-12-13-4-6-15(20)7-5-13/h3-7,9-10H,1,8,11-12H2,2H3,(H,22,23,25). The van der Waals surface area contributed by atoms with Gasteiger partial charge in [-0.1, -0.05) is 46.5 Å². The lowest BCUT2D eigenvalue weighted by molar-refractivity contribution is 0.284. The Morgan fingerprint density at radius 2 is 1.96 bits per heavy atom. The van der Waals surface area contributed by atoms with E-state index in [2.05, 4.69) is 27.4 Å². The number of anilines is 1. The van der Waals surface area contributed by atoms with Crippen molar-refractivity contribution >= 4 is 29.2 Å². The van der Waals surface area contributed by atoms with Crippen molar-refractivity contribution in [3.8, 4) is 11.5 Å². The third-order valence-corrected chi connectivity index (χ3v) is 4.40. The molecule has 3 aromatic rings. The first kappa shape index (κ1) is 20.0. The average molecular weight is 420 g/mol. The summed E-state index contributed by atoms with van der Waals surface area (Å²) in [5, 5.41) is 15.8. The van der Waals surface area contributed by atoms with E-state index in [1.54, 1.807) is 17.9 Å². The third-order valence-electron chi connectivity index (χ3n) is 3.87. The van der Waals surface area contributed by atoms with Crippen molar-refractivity contribution in [3.63, 3.8) is 0 Å². The zero-order valence-electron chi connectivity index (χ0n) is 15.2. The molecule has 0 aliphatic heterocycles. The molecular weight excluding hydrogens is 401 g/mol. The van der Waals surface area contributed by atoms with E-state index in [4.69, 9.17) is 32.7 Å². The number of halogens is 2. The van der Waals surface area contributed by atoms with Gasteiger partial charge in [0.15, 0.2) is 11.5 Å². The summed E-state index contributed by atoms with van der Waals surface area (Å²) >= 11 is 12.3. The van der Waals surface area contributed by atoms with Crippen LogP contribution >= 0.6 is 23.2 Å². The molecular formula is C19H19Cl2N5O2. The topological polar surface area (TPSA) is 74.1 Å². The van der Waals surface area contributed by atoms with Gasteiger partial charge in [-0.15, -0.1) is 6.58 Å². The molecule has 0 saturated heterocycles. The predicted octanol–water partition coefficient (Wildman–Crippen LogP) is 4.37. The normalized spacial score (nSPS) is 10.5. The molecule has 0 saturated carbocycles. The van der Waals surface area contributed by atoms with Gasteiger partial charge in [0.2, 0.25) is 5.95 Å². The summed E-state index contributed by atoms with van der Waals surface area (Å²) in [6.45, 7) is 5.01. The minimum atomic E-state index is 0.348. The molecule has 3 rings (SSSR count). The van der Waals surface area contributed by atoms with Crippen LogP contribution in [0.5, 0.6) is 11.5 Å². The van der Waals surface area contributed by atoms with Crippen molar-refractivity contribution in [1.82, 2.24) is 20.2 Å². The van der Waals surface area contributed by atoms with Crippen molar-refractivity contribution in [2.24, 2.45) is 0 Å². The van der Waals surface area contributed by atoms with Gasteiger partial charge in [-0.05, 0) is 45.8 Å². The number of nitrogens with one attached hydrogen (secondary N) is 1. The van der Waals surface area contributed by atoms with E-state index in [1.807, 2.05) is 36.4 Å². The molecule has 2 aromatic carbocycles. The van der Waals surface area contributed by atoms with Crippen LogP contribution < -0.4 is 14.8 Å². The van der Waals surface area contributed by atoms with Crippen molar-refractivity contribution in [2.45, 2.75) is 19.7 Å². The quantitative estimate of drug-likeness (QED) is 0.519. The minimum Gasteiger partial charge on any atom is -0.493 e. The van der Waals surface area contributed by atoms with Gasteiger partial charge in [0.1, 0.15) is 6.61 Å². The van der Waals surface area contributed by atoms with E-state index in [9.17, 15) is 0 Å². The molecule has 0 radical (unpaired) electrons. The predicted molar refractivity (Wildman–Crippen MR) is 109 cm³/mol. The minimum absolute atomic E-state index is 0.348. The molecule has 146 valence electrons. The highest BCUT2D eigenvalue weighted by Crippen LogP contribution is 2.37. The second-order valence-electron chi connectivity index (χ2n) is 5.85. The molecule has 9 heteroatoms. The van der Waals surface area contributed by atoms with Gasteiger partial charge in [0.05, 0.1) is 18.7 Å². The maximum Gasteiger partial charge on any atom is 0.243 e. The Morgan fingerprint density at radius 3 is 2.68 bits per heavy atom. The van der Waals surface area contributed by atoms with Gasteiger partial charge in [-0.3, -0.25) is 0 Å². The number of allylic oxidation sites excluding steroid dienone is 1. The van der Waals surface area contributed by atoms with Crippen LogP contribution in [0.1, 0.15) is 11.1 Å². The van der Waals surface area contributed by atoms with Gasteiger partial charge in [-0.25, -0.2) is 4.68 Å². The van der Waals surface area contributed by atoms with E-state index in [0.29, 0.717) is 47.2 Å². The Kier molecular flexibility index (Phi) is 6.73. The number of hydrogen-bond donors (Lipinski definition) is 1. The number of ether oxygens (including phenoxy) is 2. The van der Waals surface area contributed by atoms with E-state index < -0.39 is 0 Å². The SMILES string of the molecule is C=CCn1nnnc1NCc1cc(Cl)c(OCc2ccc(Cl)cc2)c(OC)c1. The summed E-state index contributed by atoms with van der Waals surface area (Å²) in [7, 11) is 1.57. The molecule has 0 amide bonds. The van der Waals surface area contributed by atoms with Crippen LogP contribution in [0.2, 0.25) is 10.0 Å². The van der Waals surface area contributed by atoms with Gasteiger partial charge < -0.3 is 14.8 Å². The molecule has 1 N–H and O–H groups in total. The Balaban J connectivity index is 1.70. The van der Waals surface area contributed by atoms with Gasteiger partial charge in [0.25, 0.3) is 0 Å². The number of rotatable bonds is 9. The number of tetrazole rings is 1. The van der Waals surface area contributed by atoms with E-state index in [-0.39, 0.29) is 0 Å². The second kappa shape index (κ2) is 9.43. The van der Waals surface area contributed by atoms with E-state index in [0.717, 1.165) is 11.1 Å². The van der Waals surface area contributed by atoms with Gasteiger partial charge >= 0.3 is 0 Å². The second-order valence-corrected chi connectivity index (χ2v) is 6.69. The molecule has 0 bridgehead atoms. The van der Waals surface area contributed by atoms with Crippen molar-refractivity contribution in [2.75, 3.05) is 12.4 Å². The molecule has 0 atom stereocenters. The van der Waals surface area contributed by atoms with Crippen LogP contribution in [0.25, 0.3) is 0 Å². The van der Waals surface area contributed by atoms with Crippen molar-refractivity contribution < 1.29 is 9.47 Å². The molecule has 0 unspecified atom stereocenters. The molecule has 0 aliphatic carbocycles. The molecule has 7 nitrogen and oxygen atoms in total. The molecule has 0 aliphatic rings. The summed E-state index contributed by atoms with van der Waals surface area (Å²) in [5.74, 6) is 1.57. The fourth-order valence-electron chi connectivity index (χ4n) is 2.51. The summed E-state index contributed by atoms with van der Waals surface area (Å²) in [5.41, 5.74) is 1.87. The molecule has 1 heterocycles. The van der Waals surface area contributed by atoms with Crippen LogP contribution in [-0.4, -0.2) is 27.3 Å². The molecule has 1 aromatic heterocycles. The summed E-state index contributed by atoms with van der Waals surface area (Å²) in [6.07, 6.45) is 1.72. The Hall–Kier alpha value is -2.77. The monoisotopic (exact) mass is 419 g/mol. The Labute approximate surface area is 172 Å². The number of hydrogen-bond acceptors (Lipinski definition) is 6. The summed E-state index contributed by atoms with van der Waals surface area (Å²) < 4.78 is 12.9. The van der Waals surface area contributed by atoms with Crippen molar-refractivity contribution in [1.29, 1.82) is 0 Å². The maximum atomic E-state index is 6.43. The first-order chi connectivity index (χ1) is 13.6. The summed E-state index contributed by atoms with van der Waals surface area (Å²) in [4.78, 5) is 0. The van der Waals surface area contributed by atoms with E-state index >= 15 is 0 Å². The van der Waals surface area contributed by atoms with E-state index in [1.165, 1.54) is 0 Å².